The van der Waals surface area contributed by atoms with E-state index in [-0.39, 0.29) is 11.2 Å². The Morgan fingerprint density at radius 3 is 2.80 bits per heavy atom. The van der Waals surface area contributed by atoms with E-state index in [1.807, 2.05) is 30.0 Å². The van der Waals surface area contributed by atoms with E-state index in [4.69, 9.17) is 10.5 Å². The van der Waals surface area contributed by atoms with Crippen LogP contribution in [0, 0.1) is 0 Å². The fourth-order valence-electron chi connectivity index (χ4n) is 2.13. The third kappa shape index (κ3) is 3.58. The van der Waals surface area contributed by atoms with Crippen molar-refractivity contribution in [3.63, 3.8) is 0 Å². The lowest BCUT2D eigenvalue weighted by molar-refractivity contribution is -0.130. The van der Waals surface area contributed by atoms with Gasteiger partial charge in [-0.2, -0.15) is 0 Å². The average Bonchev–Trinajstić information content (AvgIpc) is 2.49. The molecule has 1 aromatic carbocycles. The number of thioether (sulfide) groups is 1. The van der Waals surface area contributed by atoms with Crippen LogP contribution in [0.1, 0.15) is 6.92 Å². The van der Waals surface area contributed by atoms with Crippen LogP contribution >= 0.6 is 11.8 Å². The number of ether oxygens (including phenoxy) is 1. The van der Waals surface area contributed by atoms with E-state index in [1.54, 1.807) is 7.11 Å². The molecule has 0 spiro atoms. The van der Waals surface area contributed by atoms with Crippen molar-refractivity contribution in [2.75, 3.05) is 39.0 Å². The Labute approximate surface area is 123 Å². The Morgan fingerprint density at radius 1 is 1.45 bits per heavy atom. The molecule has 1 aliphatic heterocycles. The molecule has 0 radical (unpaired) electrons. The molecule has 110 valence electrons. The van der Waals surface area contributed by atoms with E-state index in [9.17, 15) is 4.79 Å². The van der Waals surface area contributed by atoms with E-state index >= 15 is 0 Å². The van der Waals surface area contributed by atoms with Gasteiger partial charge < -0.3 is 20.7 Å². The zero-order chi connectivity index (χ0) is 14.5. The monoisotopic (exact) mass is 295 g/mol. The normalized spacial score (nSPS) is 16.8. The number of nitrogens with zero attached hydrogens (tertiary/aromatic N) is 1. The Bertz CT molecular complexity index is 475. The molecule has 5 nitrogen and oxygen atoms in total. The first kappa shape index (κ1) is 15.0. The highest BCUT2D eigenvalue weighted by atomic mass is 32.2. The number of methoxy groups -OCH3 is 1. The molecule has 3 N–H and O–H groups in total. The largest absolute Gasteiger partial charge is 0.497 e. The smallest absolute Gasteiger partial charge is 0.235 e. The van der Waals surface area contributed by atoms with Gasteiger partial charge in [-0.1, -0.05) is 0 Å². The third-order valence-corrected chi connectivity index (χ3v) is 4.46. The van der Waals surface area contributed by atoms with Crippen molar-refractivity contribution in [3.8, 4) is 5.75 Å². The molecule has 1 unspecified atom stereocenters. The van der Waals surface area contributed by atoms with Crippen LogP contribution in [0.5, 0.6) is 5.75 Å². The zero-order valence-corrected chi connectivity index (χ0v) is 12.7. The van der Waals surface area contributed by atoms with Crippen LogP contribution < -0.4 is 15.8 Å². The van der Waals surface area contributed by atoms with Crippen LogP contribution in [0.25, 0.3) is 0 Å². The third-order valence-electron chi connectivity index (χ3n) is 3.30. The fourth-order valence-corrected chi connectivity index (χ4v) is 3.15. The highest BCUT2D eigenvalue weighted by Crippen LogP contribution is 2.32. The maximum Gasteiger partial charge on any atom is 0.235 e. The number of hydrogen-bond donors (Lipinski definition) is 2. The minimum atomic E-state index is -0.150. The van der Waals surface area contributed by atoms with Crippen LogP contribution in [-0.4, -0.2) is 49.3 Å². The van der Waals surface area contributed by atoms with Crippen LogP contribution in [0.4, 0.5) is 5.69 Å². The molecule has 0 saturated carbocycles. The van der Waals surface area contributed by atoms with Crippen LogP contribution in [-0.2, 0) is 4.79 Å². The lowest BCUT2D eigenvalue weighted by Crippen LogP contribution is -2.48. The first-order valence-corrected chi connectivity index (χ1v) is 7.59. The van der Waals surface area contributed by atoms with Crippen molar-refractivity contribution in [2.45, 2.75) is 17.1 Å². The number of nitrogens with one attached hydrogen (secondary N) is 1. The Hall–Kier alpha value is -1.40. The van der Waals surface area contributed by atoms with E-state index in [2.05, 4.69) is 5.32 Å². The van der Waals surface area contributed by atoms with Crippen molar-refractivity contribution < 1.29 is 9.53 Å². The Kier molecular flexibility index (Phi) is 5.14. The van der Waals surface area contributed by atoms with Crippen LogP contribution in [0.3, 0.4) is 0 Å². The summed E-state index contributed by atoms with van der Waals surface area (Å²) in [6.45, 7) is 5.21. The number of carbonyl (C=O) groups excluding carboxylic acids is 1. The maximum absolute atomic E-state index is 12.4. The van der Waals surface area contributed by atoms with Gasteiger partial charge in [-0.3, -0.25) is 4.79 Å². The lowest BCUT2D eigenvalue weighted by atomic mass is 10.3. The number of anilines is 1. The number of amides is 1. The van der Waals surface area contributed by atoms with Gasteiger partial charge in [0.15, 0.2) is 0 Å². The van der Waals surface area contributed by atoms with Crippen molar-refractivity contribution >= 4 is 23.4 Å². The molecular weight excluding hydrogens is 274 g/mol. The Balaban J connectivity index is 2.03. The van der Waals surface area contributed by atoms with Gasteiger partial charge in [-0.15, -0.1) is 11.8 Å². The second kappa shape index (κ2) is 6.85. The van der Waals surface area contributed by atoms with Gasteiger partial charge in [0.25, 0.3) is 0 Å². The quantitative estimate of drug-likeness (QED) is 0.645. The minimum absolute atomic E-state index is 0.150. The summed E-state index contributed by atoms with van der Waals surface area (Å²) < 4.78 is 5.20. The maximum atomic E-state index is 12.4. The van der Waals surface area contributed by atoms with Gasteiger partial charge in [0.05, 0.1) is 12.4 Å². The molecule has 1 aliphatic rings. The number of piperazine rings is 1. The molecule has 1 saturated heterocycles. The highest BCUT2D eigenvalue weighted by Gasteiger charge is 2.23. The summed E-state index contributed by atoms with van der Waals surface area (Å²) in [5.74, 6) is 0.919. The fraction of sp³-hybridized carbons (Fsp3) is 0.500. The van der Waals surface area contributed by atoms with Gasteiger partial charge in [0, 0.05) is 36.8 Å². The number of benzene rings is 1. The highest BCUT2D eigenvalue weighted by molar-refractivity contribution is 8.00. The summed E-state index contributed by atoms with van der Waals surface area (Å²) in [7, 11) is 1.62. The number of nitrogens with two attached hydrogens (primary N) is 1. The van der Waals surface area contributed by atoms with Gasteiger partial charge in [-0.25, -0.2) is 0 Å². The number of hydrogen-bond acceptors (Lipinski definition) is 5. The summed E-state index contributed by atoms with van der Waals surface area (Å²) in [5.41, 5.74) is 6.64. The van der Waals surface area contributed by atoms with E-state index in [1.165, 1.54) is 11.8 Å². The molecule has 1 amide bonds. The van der Waals surface area contributed by atoms with Crippen molar-refractivity contribution in [3.05, 3.63) is 18.2 Å². The average molecular weight is 295 g/mol. The molecule has 0 aliphatic carbocycles. The molecule has 2 rings (SSSR count). The summed E-state index contributed by atoms with van der Waals surface area (Å²) >= 11 is 1.48. The number of rotatable bonds is 4. The van der Waals surface area contributed by atoms with Gasteiger partial charge in [0.2, 0.25) is 5.91 Å². The molecule has 0 aromatic heterocycles. The van der Waals surface area contributed by atoms with E-state index in [0.717, 1.165) is 36.8 Å². The molecule has 1 fully saturated rings. The first-order valence-electron chi connectivity index (χ1n) is 6.71. The van der Waals surface area contributed by atoms with E-state index in [0.29, 0.717) is 5.69 Å². The summed E-state index contributed by atoms with van der Waals surface area (Å²) in [5, 5.41) is 3.09. The molecule has 6 heteroatoms. The van der Waals surface area contributed by atoms with Gasteiger partial charge in [-0.05, 0) is 25.1 Å². The molecular formula is C14H21N3O2S. The number of nitrogen functional groups attached to an aromatic ring is 1. The molecule has 1 atom stereocenters. The standard InChI is InChI=1S/C14H21N3O2S/c1-10(14(18)17-7-5-16-6-8-17)20-13-9-11(19-2)3-4-12(13)15/h3-4,9-10,16H,5-8,15H2,1-2H3. The van der Waals surface area contributed by atoms with Gasteiger partial charge >= 0.3 is 0 Å². The van der Waals surface area contributed by atoms with Crippen LogP contribution in [0.2, 0.25) is 0 Å². The number of carbonyl (C=O) groups is 1. The first-order chi connectivity index (χ1) is 9.61. The molecule has 1 aromatic rings. The lowest BCUT2D eigenvalue weighted by Gasteiger charge is -2.29. The molecule has 20 heavy (non-hydrogen) atoms. The van der Waals surface area contributed by atoms with Crippen molar-refractivity contribution in [1.82, 2.24) is 10.2 Å². The predicted molar refractivity (Wildman–Crippen MR) is 82.2 cm³/mol. The Morgan fingerprint density at radius 2 is 2.15 bits per heavy atom. The van der Waals surface area contributed by atoms with Crippen LogP contribution in [0.15, 0.2) is 23.1 Å². The summed E-state index contributed by atoms with van der Waals surface area (Å²) in [6.07, 6.45) is 0. The summed E-state index contributed by atoms with van der Waals surface area (Å²) in [6, 6.07) is 5.51. The van der Waals surface area contributed by atoms with E-state index < -0.39 is 0 Å². The minimum Gasteiger partial charge on any atom is -0.497 e. The predicted octanol–water partition coefficient (Wildman–Crippen LogP) is 1.19. The van der Waals surface area contributed by atoms with Gasteiger partial charge in [0.1, 0.15) is 5.75 Å². The molecule has 1 heterocycles. The SMILES string of the molecule is COc1ccc(N)c(SC(C)C(=O)N2CCNCC2)c1. The summed E-state index contributed by atoms with van der Waals surface area (Å²) in [4.78, 5) is 15.2. The topological polar surface area (TPSA) is 67.6 Å². The second-order valence-corrected chi connectivity index (χ2v) is 6.12. The van der Waals surface area contributed by atoms with Crippen molar-refractivity contribution in [1.29, 1.82) is 0 Å². The second-order valence-electron chi connectivity index (χ2n) is 4.74. The van der Waals surface area contributed by atoms with Crippen molar-refractivity contribution in [2.24, 2.45) is 0 Å². The molecule has 0 bridgehead atoms. The zero-order valence-electron chi connectivity index (χ0n) is 11.9.